The highest BCUT2D eigenvalue weighted by atomic mass is 16.5. The van der Waals surface area contributed by atoms with Crippen LogP contribution >= 0.6 is 0 Å². The molecule has 5 nitrogen and oxygen atoms in total. The Hall–Kier alpha value is -1.85. The molecule has 2 heterocycles. The average molecular weight is 288 g/mol. The van der Waals surface area contributed by atoms with Gasteiger partial charge in [0, 0.05) is 25.6 Å². The van der Waals surface area contributed by atoms with Gasteiger partial charge in [-0.05, 0) is 25.0 Å². The zero-order valence-electron chi connectivity index (χ0n) is 12.2. The van der Waals surface area contributed by atoms with Gasteiger partial charge in [0.25, 0.3) is 0 Å². The normalized spacial score (nSPS) is 17.8. The summed E-state index contributed by atoms with van der Waals surface area (Å²) in [5, 5.41) is 1.04. The lowest BCUT2D eigenvalue weighted by Gasteiger charge is -2.35. The van der Waals surface area contributed by atoms with Crippen LogP contribution in [0.25, 0.3) is 11.0 Å². The molecule has 1 aliphatic heterocycles. The smallest absolute Gasteiger partial charge is 0.242 e. The number of hydrogen-bond donors (Lipinski definition) is 1. The number of furan rings is 1. The van der Waals surface area contributed by atoms with Crippen LogP contribution in [0.1, 0.15) is 18.6 Å². The topological polar surface area (TPSA) is 68.7 Å². The summed E-state index contributed by atoms with van der Waals surface area (Å²) >= 11 is 0. The van der Waals surface area contributed by atoms with E-state index in [1.54, 1.807) is 11.9 Å². The zero-order chi connectivity index (χ0) is 14.9. The van der Waals surface area contributed by atoms with E-state index in [-0.39, 0.29) is 5.91 Å². The molecule has 1 aliphatic rings. The fourth-order valence-electron chi connectivity index (χ4n) is 2.75. The Balaban J connectivity index is 1.73. The molecule has 2 N–H and O–H groups in total. The van der Waals surface area contributed by atoms with Gasteiger partial charge < -0.3 is 19.8 Å². The predicted molar refractivity (Wildman–Crippen MR) is 79.7 cm³/mol. The van der Waals surface area contributed by atoms with Crippen LogP contribution in [0.3, 0.4) is 0 Å². The molecular formula is C16H20N2O3. The average Bonchev–Trinajstić information content (AvgIpc) is 2.89. The second-order valence-electron chi connectivity index (χ2n) is 5.68. The first-order chi connectivity index (χ1) is 10.1. The Morgan fingerprint density at radius 3 is 2.76 bits per heavy atom. The molecule has 1 fully saturated rings. The van der Waals surface area contributed by atoms with Crippen molar-refractivity contribution in [2.45, 2.75) is 24.9 Å². The van der Waals surface area contributed by atoms with E-state index in [2.05, 4.69) is 0 Å². The number of carbonyl (C=O) groups excluding carboxylic acids is 1. The van der Waals surface area contributed by atoms with Gasteiger partial charge in [0.1, 0.15) is 11.3 Å². The molecule has 0 saturated carbocycles. The molecule has 21 heavy (non-hydrogen) atoms. The maximum Gasteiger partial charge on any atom is 0.242 e. The highest BCUT2D eigenvalue weighted by Gasteiger charge is 2.38. The number of para-hydroxylation sites is 1. The van der Waals surface area contributed by atoms with E-state index in [1.165, 1.54) is 0 Å². The van der Waals surface area contributed by atoms with E-state index in [1.807, 2.05) is 30.3 Å². The fraction of sp³-hybridized carbons (Fsp3) is 0.438. The Morgan fingerprint density at radius 2 is 2.05 bits per heavy atom. The summed E-state index contributed by atoms with van der Waals surface area (Å²) < 4.78 is 11.0. The monoisotopic (exact) mass is 288 g/mol. The molecular weight excluding hydrogens is 268 g/mol. The molecule has 112 valence electrons. The van der Waals surface area contributed by atoms with E-state index < -0.39 is 5.54 Å². The van der Waals surface area contributed by atoms with Crippen molar-refractivity contribution in [3.8, 4) is 0 Å². The molecule has 1 aromatic heterocycles. The quantitative estimate of drug-likeness (QED) is 0.936. The third kappa shape index (κ3) is 2.80. The predicted octanol–water partition coefficient (Wildman–Crippen LogP) is 1.90. The van der Waals surface area contributed by atoms with Gasteiger partial charge in [0.2, 0.25) is 5.91 Å². The van der Waals surface area contributed by atoms with Crippen molar-refractivity contribution < 1.29 is 13.9 Å². The van der Waals surface area contributed by atoms with Crippen molar-refractivity contribution in [2.75, 3.05) is 20.3 Å². The molecule has 0 spiro atoms. The van der Waals surface area contributed by atoms with E-state index in [0.29, 0.717) is 32.6 Å². The van der Waals surface area contributed by atoms with Gasteiger partial charge >= 0.3 is 0 Å². The summed E-state index contributed by atoms with van der Waals surface area (Å²) in [5.74, 6) is 0.717. The van der Waals surface area contributed by atoms with Crippen LogP contribution in [-0.2, 0) is 16.1 Å². The number of hydrogen-bond acceptors (Lipinski definition) is 4. The van der Waals surface area contributed by atoms with Crippen molar-refractivity contribution in [1.82, 2.24) is 4.90 Å². The summed E-state index contributed by atoms with van der Waals surface area (Å²) in [5.41, 5.74) is 6.26. The first-order valence-corrected chi connectivity index (χ1v) is 7.18. The van der Waals surface area contributed by atoms with Crippen LogP contribution in [0, 0.1) is 0 Å². The maximum absolute atomic E-state index is 12.5. The highest BCUT2D eigenvalue weighted by Crippen LogP contribution is 2.23. The van der Waals surface area contributed by atoms with Crippen molar-refractivity contribution in [1.29, 1.82) is 0 Å². The SMILES string of the molecule is CN(Cc1cc2ccccc2o1)C(=O)C1(N)CCOCC1. The molecule has 0 aliphatic carbocycles. The first kappa shape index (κ1) is 14.1. The number of fused-ring (bicyclic) bond motifs is 1. The van der Waals surface area contributed by atoms with E-state index in [9.17, 15) is 4.79 Å². The molecule has 1 saturated heterocycles. The molecule has 5 heteroatoms. The lowest BCUT2D eigenvalue weighted by Crippen LogP contribution is -2.57. The Bertz CT molecular complexity index is 611. The standard InChI is InChI=1S/C16H20N2O3/c1-18(15(19)16(17)6-8-20-9-7-16)11-13-10-12-4-2-3-5-14(12)21-13/h2-5,10H,6-9,11,17H2,1H3. The lowest BCUT2D eigenvalue weighted by atomic mass is 9.90. The third-order valence-electron chi connectivity index (χ3n) is 4.03. The van der Waals surface area contributed by atoms with E-state index in [0.717, 1.165) is 16.7 Å². The van der Waals surface area contributed by atoms with Crippen LogP contribution in [-0.4, -0.2) is 36.6 Å². The van der Waals surface area contributed by atoms with Crippen molar-refractivity contribution >= 4 is 16.9 Å². The number of likely N-dealkylation sites (N-methyl/N-ethyl adjacent to an activating group) is 1. The highest BCUT2D eigenvalue weighted by molar-refractivity contribution is 5.86. The minimum absolute atomic E-state index is 0.0498. The van der Waals surface area contributed by atoms with Crippen LogP contribution in [0.4, 0.5) is 0 Å². The van der Waals surface area contributed by atoms with Gasteiger partial charge in [-0.3, -0.25) is 4.79 Å². The Kier molecular flexibility index (Phi) is 3.69. The van der Waals surface area contributed by atoms with Crippen molar-refractivity contribution in [3.63, 3.8) is 0 Å². The van der Waals surface area contributed by atoms with Gasteiger partial charge in [-0.15, -0.1) is 0 Å². The van der Waals surface area contributed by atoms with Gasteiger partial charge in [0.05, 0.1) is 12.1 Å². The molecule has 1 aromatic carbocycles. The van der Waals surface area contributed by atoms with Crippen LogP contribution < -0.4 is 5.73 Å². The zero-order valence-corrected chi connectivity index (χ0v) is 12.2. The van der Waals surface area contributed by atoms with Gasteiger partial charge in [-0.2, -0.15) is 0 Å². The molecule has 0 radical (unpaired) electrons. The van der Waals surface area contributed by atoms with Crippen LogP contribution in [0.2, 0.25) is 0 Å². The molecule has 0 bridgehead atoms. The second kappa shape index (κ2) is 5.50. The van der Waals surface area contributed by atoms with Crippen molar-refractivity contribution in [3.05, 3.63) is 36.1 Å². The number of nitrogens with zero attached hydrogens (tertiary/aromatic N) is 1. The molecule has 0 atom stereocenters. The number of carbonyl (C=O) groups is 1. The summed E-state index contributed by atoms with van der Waals surface area (Å²) in [4.78, 5) is 14.2. The lowest BCUT2D eigenvalue weighted by molar-refractivity contribution is -0.140. The minimum Gasteiger partial charge on any atom is -0.459 e. The Morgan fingerprint density at radius 1 is 1.33 bits per heavy atom. The van der Waals surface area contributed by atoms with Crippen LogP contribution in [0.15, 0.2) is 34.7 Å². The fourth-order valence-corrected chi connectivity index (χ4v) is 2.75. The summed E-state index contributed by atoms with van der Waals surface area (Å²) in [6.07, 6.45) is 1.13. The second-order valence-corrected chi connectivity index (χ2v) is 5.68. The van der Waals surface area contributed by atoms with Gasteiger partial charge in [-0.25, -0.2) is 0 Å². The maximum atomic E-state index is 12.5. The Labute approximate surface area is 123 Å². The van der Waals surface area contributed by atoms with Gasteiger partial charge in [-0.1, -0.05) is 18.2 Å². The molecule has 2 aromatic rings. The summed E-state index contributed by atoms with van der Waals surface area (Å²) in [6.45, 7) is 1.51. The summed E-state index contributed by atoms with van der Waals surface area (Å²) in [6, 6.07) is 9.78. The first-order valence-electron chi connectivity index (χ1n) is 7.18. The van der Waals surface area contributed by atoms with E-state index >= 15 is 0 Å². The molecule has 1 amide bonds. The van der Waals surface area contributed by atoms with Gasteiger partial charge in [0.15, 0.2) is 0 Å². The number of nitrogens with two attached hydrogens (primary N) is 1. The molecule has 3 rings (SSSR count). The largest absolute Gasteiger partial charge is 0.459 e. The van der Waals surface area contributed by atoms with Crippen molar-refractivity contribution in [2.24, 2.45) is 5.73 Å². The number of amides is 1. The third-order valence-corrected chi connectivity index (χ3v) is 4.03. The molecule has 0 unspecified atom stereocenters. The number of benzene rings is 1. The summed E-state index contributed by atoms with van der Waals surface area (Å²) in [7, 11) is 1.76. The number of rotatable bonds is 3. The van der Waals surface area contributed by atoms with Crippen LogP contribution in [0.5, 0.6) is 0 Å². The number of ether oxygens (including phenoxy) is 1. The minimum atomic E-state index is -0.807. The van der Waals surface area contributed by atoms with E-state index in [4.69, 9.17) is 14.9 Å².